The molecule has 0 nitrogen and oxygen atoms in total. The summed E-state index contributed by atoms with van der Waals surface area (Å²) in [5.41, 5.74) is 1.77. The molecule has 1 aromatic rings. The Morgan fingerprint density at radius 1 is 0.929 bits per heavy atom. The van der Waals surface area contributed by atoms with Gasteiger partial charge in [-0.1, -0.05) is 71.4 Å². The Labute approximate surface area is 89.4 Å². The molecule has 0 amide bonds. The largest absolute Gasteiger partial charge is 0.0656 e. The van der Waals surface area contributed by atoms with Crippen LogP contribution in [0.4, 0.5) is 0 Å². The first-order valence-corrected chi connectivity index (χ1v) is 5.64. The summed E-state index contributed by atoms with van der Waals surface area (Å²) >= 11 is 0. The van der Waals surface area contributed by atoms with E-state index in [1.165, 1.54) is 18.4 Å². The second-order valence-corrected chi connectivity index (χ2v) is 4.31. The molecule has 1 rings (SSSR count). The SMILES string of the molecule is CCC.CCC(C)(C)c1ccccc1. The molecule has 0 aromatic heterocycles. The Balaban J connectivity index is 0.000000500. The molecule has 0 saturated carbocycles. The molecule has 0 aliphatic rings. The van der Waals surface area contributed by atoms with Gasteiger partial charge in [0, 0.05) is 0 Å². The fourth-order valence-corrected chi connectivity index (χ4v) is 1.09. The van der Waals surface area contributed by atoms with Crippen molar-refractivity contribution < 1.29 is 0 Å². The minimum Gasteiger partial charge on any atom is -0.0656 e. The first kappa shape index (κ1) is 13.2. The summed E-state index contributed by atoms with van der Waals surface area (Å²) in [4.78, 5) is 0. The van der Waals surface area contributed by atoms with Gasteiger partial charge < -0.3 is 0 Å². The molecule has 0 saturated heterocycles. The van der Waals surface area contributed by atoms with Gasteiger partial charge in [-0.25, -0.2) is 0 Å². The van der Waals surface area contributed by atoms with Gasteiger partial charge in [-0.3, -0.25) is 0 Å². The van der Waals surface area contributed by atoms with E-state index in [2.05, 4.69) is 65.0 Å². The van der Waals surface area contributed by atoms with Crippen molar-refractivity contribution in [3.05, 3.63) is 35.9 Å². The molecule has 0 aliphatic carbocycles. The number of hydrogen-bond acceptors (Lipinski definition) is 0. The fraction of sp³-hybridized carbons (Fsp3) is 0.571. The van der Waals surface area contributed by atoms with Crippen LogP contribution in [0.5, 0.6) is 0 Å². The van der Waals surface area contributed by atoms with Crippen molar-refractivity contribution in [3.8, 4) is 0 Å². The molecule has 0 spiro atoms. The molecule has 0 N–H and O–H groups in total. The highest BCUT2D eigenvalue weighted by Crippen LogP contribution is 2.25. The Bertz CT molecular complexity index is 221. The Morgan fingerprint density at radius 2 is 1.36 bits per heavy atom. The van der Waals surface area contributed by atoms with Gasteiger partial charge in [-0.05, 0) is 17.4 Å². The van der Waals surface area contributed by atoms with Crippen LogP contribution < -0.4 is 0 Å². The second-order valence-electron chi connectivity index (χ2n) is 4.31. The second kappa shape index (κ2) is 6.64. The van der Waals surface area contributed by atoms with Gasteiger partial charge in [0.05, 0.1) is 0 Å². The lowest BCUT2D eigenvalue weighted by Crippen LogP contribution is -2.14. The Kier molecular flexibility index (Phi) is 6.27. The van der Waals surface area contributed by atoms with Crippen LogP contribution in [-0.2, 0) is 5.41 Å². The van der Waals surface area contributed by atoms with E-state index in [9.17, 15) is 0 Å². The van der Waals surface area contributed by atoms with Crippen molar-refractivity contribution >= 4 is 0 Å². The van der Waals surface area contributed by atoms with Crippen LogP contribution in [-0.4, -0.2) is 0 Å². The van der Waals surface area contributed by atoms with Gasteiger partial charge in [-0.2, -0.15) is 0 Å². The van der Waals surface area contributed by atoms with E-state index in [-0.39, 0.29) is 0 Å². The molecular weight excluding hydrogens is 168 g/mol. The van der Waals surface area contributed by atoms with Crippen LogP contribution in [0.2, 0.25) is 0 Å². The third-order valence-electron chi connectivity index (χ3n) is 2.44. The maximum atomic E-state index is 2.28. The van der Waals surface area contributed by atoms with Gasteiger partial charge in [0.1, 0.15) is 0 Å². The highest BCUT2D eigenvalue weighted by Gasteiger charge is 2.16. The summed E-state index contributed by atoms with van der Waals surface area (Å²) in [7, 11) is 0. The van der Waals surface area contributed by atoms with E-state index in [1.54, 1.807) is 0 Å². The summed E-state index contributed by atoms with van der Waals surface area (Å²) in [5.74, 6) is 0. The highest BCUT2D eigenvalue weighted by molar-refractivity contribution is 5.22. The van der Waals surface area contributed by atoms with Crippen molar-refractivity contribution in [1.82, 2.24) is 0 Å². The lowest BCUT2D eigenvalue weighted by molar-refractivity contribution is 0.506. The first-order chi connectivity index (χ1) is 6.58. The lowest BCUT2D eigenvalue weighted by atomic mass is 9.82. The van der Waals surface area contributed by atoms with Gasteiger partial charge >= 0.3 is 0 Å². The van der Waals surface area contributed by atoms with Crippen molar-refractivity contribution in [2.24, 2.45) is 0 Å². The third-order valence-corrected chi connectivity index (χ3v) is 2.44. The average molecular weight is 192 g/mol. The Hall–Kier alpha value is -0.780. The maximum absolute atomic E-state index is 2.28. The van der Waals surface area contributed by atoms with Crippen LogP contribution in [0.25, 0.3) is 0 Å². The molecule has 0 unspecified atom stereocenters. The molecule has 14 heavy (non-hydrogen) atoms. The topological polar surface area (TPSA) is 0 Å². The average Bonchev–Trinajstić information content (AvgIpc) is 2.20. The van der Waals surface area contributed by atoms with Crippen LogP contribution in [0, 0.1) is 0 Å². The molecule has 0 atom stereocenters. The van der Waals surface area contributed by atoms with E-state index < -0.39 is 0 Å². The van der Waals surface area contributed by atoms with Crippen molar-refractivity contribution in [3.63, 3.8) is 0 Å². The zero-order valence-corrected chi connectivity index (χ0v) is 10.3. The molecule has 0 radical (unpaired) electrons. The minimum atomic E-state index is 0.335. The van der Waals surface area contributed by atoms with E-state index in [0.717, 1.165) is 0 Å². The number of hydrogen-bond donors (Lipinski definition) is 0. The zero-order valence-electron chi connectivity index (χ0n) is 10.3. The Morgan fingerprint density at radius 3 is 1.71 bits per heavy atom. The van der Waals surface area contributed by atoms with Crippen LogP contribution in [0.1, 0.15) is 53.0 Å². The van der Waals surface area contributed by atoms with Gasteiger partial charge in [0.15, 0.2) is 0 Å². The molecule has 0 fully saturated rings. The molecule has 0 heteroatoms. The van der Waals surface area contributed by atoms with Crippen LogP contribution in [0.3, 0.4) is 0 Å². The van der Waals surface area contributed by atoms with Crippen molar-refractivity contribution in [2.45, 2.75) is 52.9 Å². The maximum Gasteiger partial charge on any atom is -0.0106 e. The predicted molar refractivity (Wildman–Crippen MR) is 65.7 cm³/mol. The normalized spacial score (nSPS) is 10.4. The van der Waals surface area contributed by atoms with Crippen LogP contribution >= 0.6 is 0 Å². The molecule has 0 bridgehead atoms. The van der Waals surface area contributed by atoms with E-state index in [4.69, 9.17) is 0 Å². The first-order valence-electron chi connectivity index (χ1n) is 5.64. The van der Waals surface area contributed by atoms with Crippen molar-refractivity contribution in [1.29, 1.82) is 0 Å². The summed E-state index contributed by atoms with van der Waals surface area (Å²) in [6.07, 6.45) is 2.44. The summed E-state index contributed by atoms with van der Waals surface area (Å²) < 4.78 is 0. The van der Waals surface area contributed by atoms with Crippen LogP contribution in [0.15, 0.2) is 30.3 Å². The van der Waals surface area contributed by atoms with E-state index in [0.29, 0.717) is 5.41 Å². The smallest absolute Gasteiger partial charge is 0.0106 e. The standard InChI is InChI=1S/C11H16.C3H8/c1-4-11(2,3)10-8-6-5-7-9-10;1-3-2/h5-9H,4H2,1-3H3;3H2,1-2H3. The fourth-order valence-electron chi connectivity index (χ4n) is 1.09. The lowest BCUT2D eigenvalue weighted by Gasteiger charge is -2.22. The molecule has 1 aromatic carbocycles. The molecule has 0 aliphatic heterocycles. The zero-order chi connectivity index (χ0) is 11.0. The van der Waals surface area contributed by atoms with E-state index >= 15 is 0 Å². The van der Waals surface area contributed by atoms with Gasteiger partial charge in [0.25, 0.3) is 0 Å². The van der Waals surface area contributed by atoms with Crippen molar-refractivity contribution in [2.75, 3.05) is 0 Å². The monoisotopic (exact) mass is 192 g/mol. The molecular formula is C14H24. The highest BCUT2D eigenvalue weighted by atomic mass is 14.2. The number of rotatable bonds is 2. The van der Waals surface area contributed by atoms with E-state index in [1.807, 2.05) is 0 Å². The minimum absolute atomic E-state index is 0.335. The molecule has 80 valence electrons. The predicted octanol–water partition coefficient (Wildman–Crippen LogP) is 4.79. The third kappa shape index (κ3) is 4.45. The van der Waals surface area contributed by atoms with Gasteiger partial charge in [0.2, 0.25) is 0 Å². The molecule has 0 heterocycles. The summed E-state index contributed by atoms with van der Waals surface area (Å²) in [6.45, 7) is 11.0. The number of benzene rings is 1. The summed E-state index contributed by atoms with van der Waals surface area (Å²) in [6, 6.07) is 10.7. The van der Waals surface area contributed by atoms with Gasteiger partial charge in [-0.15, -0.1) is 0 Å². The quantitative estimate of drug-likeness (QED) is 0.632. The summed E-state index contributed by atoms with van der Waals surface area (Å²) in [5, 5.41) is 0.